The predicted octanol–water partition coefficient (Wildman–Crippen LogP) is 3.80. The number of hydrogen-bond donors (Lipinski definition) is 2. The zero-order valence-electron chi connectivity index (χ0n) is 13.2. The number of nitrogens with one attached hydrogen (secondary N) is 1. The quantitative estimate of drug-likeness (QED) is 0.902. The van der Waals surface area contributed by atoms with Crippen molar-refractivity contribution in [3.63, 3.8) is 0 Å². The van der Waals surface area contributed by atoms with Crippen molar-refractivity contribution in [2.45, 2.75) is 26.3 Å². The van der Waals surface area contributed by atoms with Gasteiger partial charge in [-0.2, -0.15) is 0 Å². The van der Waals surface area contributed by atoms with E-state index in [4.69, 9.17) is 0 Å². The van der Waals surface area contributed by atoms with Crippen LogP contribution in [0, 0.1) is 6.92 Å². The number of carbonyl (C=O) groups is 1. The van der Waals surface area contributed by atoms with Crippen LogP contribution in [0.25, 0.3) is 0 Å². The van der Waals surface area contributed by atoms with E-state index >= 15 is 0 Å². The van der Waals surface area contributed by atoms with Crippen LogP contribution in [0.5, 0.6) is 5.75 Å². The number of carbonyl (C=O) groups excluding carboxylic acids is 1. The van der Waals surface area contributed by atoms with E-state index in [2.05, 4.69) is 5.32 Å². The van der Waals surface area contributed by atoms with Crippen LogP contribution in [0.15, 0.2) is 48.5 Å². The van der Waals surface area contributed by atoms with Crippen molar-refractivity contribution in [2.75, 3.05) is 12.4 Å². The number of phenolic OH excluding ortho intramolecular Hbond substituents is 1. The Labute approximate surface area is 131 Å². The number of aryl methyl sites for hydroxylation is 1. The van der Waals surface area contributed by atoms with Gasteiger partial charge in [-0.1, -0.05) is 24.3 Å². The fraction of sp³-hybridized carbons (Fsp3) is 0.278. The Morgan fingerprint density at radius 3 is 2.55 bits per heavy atom. The summed E-state index contributed by atoms with van der Waals surface area (Å²) in [7, 11) is 1.79. The molecule has 4 nitrogen and oxygen atoms in total. The summed E-state index contributed by atoms with van der Waals surface area (Å²) in [6, 6.07) is 14.7. The van der Waals surface area contributed by atoms with Gasteiger partial charge in [-0.25, -0.2) is 4.79 Å². The van der Waals surface area contributed by atoms with E-state index in [0.29, 0.717) is 0 Å². The van der Waals surface area contributed by atoms with Crippen LogP contribution in [0.1, 0.15) is 18.1 Å². The summed E-state index contributed by atoms with van der Waals surface area (Å²) in [6.07, 6.45) is 0.734. The minimum absolute atomic E-state index is 0.0503. The van der Waals surface area contributed by atoms with Crippen molar-refractivity contribution < 1.29 is 9.90 Å². The number of phenols is 1. The maximum absolute atomic E-state index is 12.3. The maximum atomic E-state index is 12.3. The maximum Gasteiger partial charge on any atom is 0.321 e. The van der Waals surface area contributed by atoms with Gasteiger partial charge in [0.05, 0.1) is 0 Å². The van der Waals surface area contributed by atoms with Crippen LogP contribution in [-0.4, -0.2) is 29.1 Å². The van der Waals surface area contributed by atoms with E-state index in [-0.39, 0.29) is 17.8 Å². The Bertz CT molecular complexity index is 638. The molecule has 0 fully saturated rings. The second kappa shape index (κ2) is 6.98. The molecule has 0 aliphatic carbocycles. The first-order valence-electron chi connectivity index (χ1n) is 7.34. The smallest absolute Gasteiger partial charge is 0.321 e. The molecule has 0 radical (unpaired) electrons. The zero-order valence-corrected chi connectivity index (χ0v) is 13.2. The van der Waals surface area contributed by atoms with Gasteiger partial charge in [0, 0.05) is 18.8 Å². The Morgan fingerprint density at radius 1 is 1.23 bits per heavy atom. The Balaban J connectivity index is 1.95. The minimum atomic E-state index is -0.128. The zero-order chi connectivity index (χ0) is 16.1. The normalized spacial score (nSPS) is 11.8. The van der Waals surface area contributed by atoms with Crippen LogP contribution < -0.4 is 5.32 Å². The van der Waals surface area contributed by atoms with Crippen LogP contribution in [0.4, 0.5) is 10.5 Å². The van der Waals surface area contributed by atoms with Gasteiger partial charge in [-0.3, -0.25) is 0 Å². The minimum Gasteiger partial charge on any atom is -0.508 e. The van der Waals surface area contributed by atoms with E-state index in [1.165, 1.54) is 0 Å². The molecule has 2 aromatic carbocycles. The van der Waals surface area contributed by atoms with Crippen molar-refractivity contribution in [2.24, 2.45) is 0 Å². The number of urea groups is 1. The molecule has 116 valence electrons. The van der Waals surface area contributed by atoms with Crippen molar-refractivity contribution in [3.8, 4) is 5.75 Å². The average molecular weight is 298 g/mol. The van der Waals surface area contributed by atoms with E-state index < -0.39 is 0 Å². The van der Waals surface area contributed by atoms with Crippen LogP contribution in [0.2, 0.25) is 0 Å². The first-order valence-corrected chi connectivity index (χ1v) is 7.34. The lowest BCUT2D eigenvalue weighted by Crippen LogP contribution is -2.39. The summed E-state index contributed by atoms with van der Waals surface area (Å²) in [6.45, 7) is 4.00. The Hall–Kier alpha value is -2.49. The van der Waals surface area contributed by atoms with E-state index in [1.807, 2.05) is 50.2 Å². The number of amides is 2. The van der Waals surface area contributed by atoms with Crippen LogP contribution in [-0.2, 0) is 6.42 Å². The molecule has 2 N–H and O–H groups in total. The van der Waals surface area contributed by atoms with Gasteiger partial charge >= 0.3 is 6.03 Å². The monoisotopic (exact) mass is 298 g/mol. The lowest BCUT2D eigenvalue weighted by molar-refractivity contribution is 0.207. The van der Waals surface area contributed by atoms with Gasteiger partial charge in [0.2, 0.25) is 0 Å². The molecule has 0 saturated heterocycles. The third-order valence-electron chi connectivity index (χ3n) is 3.72. The molecule has 0 bridgehead atoms. The molecule has 2 aromatic rings. The number of likely N-dealkylation sites (N-methyl/N-ethyl adjacent to an activating group) is 1. The predicted molar refractivity (Wildman–Crippen MR) is 89.2 cm³/mol. The third kappa shape index (κ3) is 4.25. The summed E-state index contributed by atoms with van der Waals surface area (Å²) in [5, 5.41) is 12.2. The number of anilines is 1. The van der Waals surface area contributed by atoms with Crippen molar-refractivity contribution >= 4 is 11.7 Å². The second-order valence-corrected chi connectivity index (χ2v) is 5.63. The molecule has 0 unspecified atom stereocenters. The molecule has 0 spiro atoms. The highest BCUT2D eigenvalue weighted by Crippen LogP contribution is 2.14. The second-order valence-electron chi connectivity index (χ2n) is 5.63. The SMILES string of the molecule is Cc1cccc(NC(=O)N(C)[C@@H](C)Cc2ccc(O)cc2)c1. The van der Waals surface area contributed by atoms with Crippen molar-refractivity contribution in [1.82, 2.24) is 4.90 Å². The first kappa shape index (κ1) is 15.9. The van der Waals surface area contributed by atoms with Gasteiger partial charge in [-0.15, -0.1) is 0 Å². The number of hydrogen-bond acceptors (Lipinski definition) is 2. The molecule has 0 aliphatic rings. The highest BCUT2D eigenvalue weighted by Gasteiger charge is 2.16. The molecular weight excluding hydrogens is 276 g/mol. The molecule has 2 amide bonds. The van der Waals surface area contributed by atoms with Gasteiger partial charge in [0.15, 0.2) is 0 Å². The van der Waals surface area contributed by atoms with Gasteiger partial charge in [0.1, 0.15) is 5.75 Å². The molecule has 0 heterocycles. The number of nitrogens with zero attached hydrogens (tertiary/aromatic N) is 1. The van der Waals surface area contributed by atoms with Crippen molar-refractivity contribution in [1.29, 1.82) is 0 Å². The topological polar surface area (TPSA) is 52.6 Å². The number of aromatic hydroxyl groups is 1. The third-order valence-corrected chi connectivity index (χ3v) is 3.72. The molecular formula is C18H22N2O2. The molecule has 2 rings (SSSR count). The Morgan fingerprint density at radius 2 is 1.91 bits per heavy atom. The van der Waals surface area contributed by atoms with Crippen LogP contribution >= 0.6 is 0 Å². The highest BCUT2D eigenvalue weighted by atomic mass is 16.3. The summed E-state index contributed by atoms with van der Waals surface area (Å²) in [5.41, 5.74) is 2.99. The lowest BCUT2D eigenvalue weighted by Gasteiger charge is -2.25. The Kier molecular flexibility index (Phi) is 5.04. The fourth-order valence-electron chi connectivity index (χ4n) is 2.24. The molecule has 0 saturated carbocycles. The largest absolute Gasteiger partial charge is 0.508 e. The van der Waals surface area contributed by atoms with Crippen molar-refractivity contribution in [3.05, 3.63) is 59.7 Å². The van der Waals surface area contributed by atoms with Gasteiger partial charge in [0.25, 0.3) is 0 Å². The molecule has 0 aromatic heterocycles. The summed E-state index contributed by atoms with van der Waals surface area (Å²) < 4.78 is 0. The highest BCUT2D eigenvalue weighted by molar-refractivity contribution is 5.89. The van der Waals surface area contributed by atoms with Gasteiger partial charge in [-0.05, 0) is 55.7 Å². The summed E-state index contributed by atoms with van der Waals surface area (Å²) in [4.78, 5) is 14.0. The first-order chi connectivity index (χ1) is 10.5. The molecule has 22 heavy (non-hydrogen) atoms. The molecule has 4 heteroatoms. The average Bonchev–Trinajstić information content (AvgIpc) is 2.48. The van der Waals surface area contributed by atoms with E-state index in [1.54, 1.807) is 24.1 Å². The van der Waals surface area contributed by atoms with E-state index in [9.17, 15) is 9.90 Å². The summed E-state index contributed by atoms with van der Waals surface area (Å²) >= 11 is 0. The summed E-state index contributed by atoms with van der Waals surface area (Å²) in [5.74, 6) is 0.252. The van der Waals surface area contributed by atoms with E-state index in [0.717, 1.165) is 23.2 Å². The number of benzene rings is 2. The number of rotatable bonds is 4. The van der Waals surface area contributed by atoms with Crippen LogP contribution in [0.3, 0.4) is 0 Å². The fourth-order valence-corrected chi connectivity index (χ4v) is 2.24. The van der Waals surface area contributed by atoms with Gasteiger partial charge < -0.3 is 15.3 Å². The standard InChI is InChI=1S/C18H22N2O2/c1-13-5-4-6-16(11-13)19-18(22)20(3)14(2)12-15-7-9-17(21)10-8-15/h4-11,14,21H,12H2,1-3H3,(H,19,22)/t14-/m0/s1. The molecule has 0 aliphatic heterocycles. The molecule has 1 atom stereocenters. The lowest BCUT2D eigenvalue weighted by atomic mass is 10.1.